The van der Waals surface area contributed by atoms with Crippen LogP contribution in [0.1, 0.15) is 39.0 Å². The van der Waals surface area contributed by atoms with E-state index in [4.69, 9.17) is 0 Å². The monoisotopic (exact) mass is 269 g/mol. The highest BCUT2D eigenvalue weighted by atomic mass is 32.2. The minimum absolute atomic E-state index is 0.0243. The molecule has 1 spiro atoms. The first-order chi connectivity index (χ1) is 8.70. The van der Waals surface area contributed by atoms with Gasteiger partial charge in [0, 0.05) is 32.3 Å². The van der Waals surface area contributed by atoms with Crippen molar-refractivity contribution in [2.75, 3.05) is 25.4 Å². The van der Waals surface area contributed by atoms with E-state index < -0.39 is 0 Å². The molecule has 2 aliphatic rings. The average Bonchev–Trinajstić information content (AvgIpc) is 2.38. The molecule has 1 saturated carbocycles. The van der Waals surface area contributed by atoms with Crippen LogP contribution in [0.2, 0.25) is 0 Å². The molecule has 1 aliphatic carbocycles. The van der Waals surface area contributed by atoms with Gasteiger partial charge in [-0.15, -0.1) is 0 Å². The molecule has 1 aliphatic heterocycles. The molecular formula is C13H23N3OS. The summed E-state index contributed by atoms with van der Waals surface area (Å²) in [6, 6.07) is 0. The smallest absolute Gasteiger partial charge is 0.216 e. The van der Waals surface area contributed by atoms with Gasteiger partial charge in [-0.05, 0) is 18.3 Å². The molecule has 5 heteroatoms. The maximum Gasteiger partial charge on any atom is 0.216 e. The molecule has 18 heavy (non-hydrogen) atoms. The molecule has 102 valence electrons. The van der Waals surface area contributed by atoms with Crippen molar-refractivity contribution in [3.63, 3.8) is 0 Å². The zero-order valence-electron chi connectivity index (χ0n) is 11.1. The van der Waals surface area contributed by atoms with E-state index >= 15 is 0 Å². The lowest BCUT2D eigenvalue weighted by atomic mass is 9.75. The molecule has 0 aromatic rings. The van der Waals surface area contributed by atoms with Crippen LogP contribution in [0.3, 0.4) is 0 Å². The van der Waals surface area contributed by atoms with Gasteiger partial charge >= 0.3 is 0 Å². The molecule has 0 saturated heterocycles. The van der Waals surface area contributed by atoms with Crippen molar-refractivity contribution in [1.29, 1.82) is 0 Å². The van der Waals surface area contributed by atoms with E-state index in [2.05, 4.69) is 15.6 Å². The fourth-order valence-electron chi connectivity index (χ4n) is 2.67. The second-order valence-electron chi connectivity index (χ2n) is 5.38. The van der Waals surface area contributed by atoms with Crippen LogP contribution in [0.15, 0.2) is 4.99 Å². The molecule has 0 bridgehead atoms. The average molecular weight is 269 g/mol. The van der Waals surface area contributed by atoms with Gasteiger partial charge in [0.05, 0.1) is 0 Å². The molecular weight excluding hydrogens is 246 g/mol. The fraction of sp³-hybridized carbons (Fsp3) is 0.846. The lowest BCUT2D eigenvalue weighted by molar-refractivity contribution is -0.118. The Hall–Kier alpha value is -0.710. The predicted molar refractivity (Wildman–Crippen MR) is 77.0 cm³/mol. The van der Waals surface area contributed by atoms with Crippen LogP contribution in [0.5, 0.6) is 0 Å². The summed E-state index contributed by atoms with van der Waals surface area (Å²) < 4.78 is 0. The summed E-state index contributed by atoms with van der Waals surface area (Å²) in [6.07, 6.45) is 6.85. The number of hydrogen-bond acceptors (Lipinski definition) is 4. The SMILES string of the molecule is CC(=O)NCCNC1=NCC2(CCCCC2)CS1. The summed E-state index contributed by atoms with van der Waals surface area (Å²) in [5.74, 6) is 1.23. The summed E-state index contributed by atoms with van der Waals surface area (Å²) in [4.78, 5) is 15.4. The quantitative estimate of drug-likeness (QED) is 0.768. The van der Waals surface area contributed by atoms with E-state index in [9.17, 15) is 4.79 Å². The number of hydrogen-bond donors (Lipinski definition) is 2. The van der Waals surface area contributed by atoms with Crippen LogP contribution in [-0.4, -0.2) is 36.5 Å². The second kappa shape index (κ2) is 6.45. The standard InChI is InChI=1S/C13H23N3OS/c1-11(17)14-7-8-15-12-16-9-13(10-18-12)5-3-2-4-6-13/h2-10H2,1H3,(H,14,17)(H,15,16). The summed E-state index contributed by atoms with van der Waals surface area (Å²) in [5, 5.41) is 7.13. The van der Waals surface area contributed by atoms with E-state index in [1.807, 2.05) is 11.8 Å². The number of rotatable bonds is 3. The van der Waals surface area contributed by atoms with E-state index in [0.29, 0.717) is 12.0 Å². The molecule has 0 radical (unpaired) electrons. The van der Waals surface area contributed by atoms with E-state index in [1.165, 1.54) is 37.9 Å². The number of aliphatic imine (C=N–C) groups is 1. The Kier molecular flexibility index (Phi) is 4.92. The highest BCUT2D eigenvalue weighted by Gasteiger charge is 2.34. The molecule has 1 amide bonds. The first kappa shape index (κ1) is 13.7. The first-order valence-electron chi connectivity index (χ1n) is 6.86. The Labute approximate surface area is 113 Å². The second-order valence-corrected chi connectivity index (χ2v) is 6.34. The van der Waals surface area contributed by atoms with Crippen LogP contribution in [-0.2, 0) is 4.79 Å². The van der Waals surface area contributed by atoms with Gasteiger partial charge in [-0.2, -0.15) is 0 Å². The van der Waals surface area contributed by atoms with Crippen molar-refractivity contribution < 1.29 is 4.79 Å². The van der Waals surface area contributed by atoms with Gasteiger partial charge in [0.1, 0.15) is 0 Å². The highest BCUT2D eigenvalue weighted by Crippen LogP contribution is 2.41. The zero-order chi connectivity index (χ0) is 12.8. The lowest BCUT2D eigenvalue weighted by Crippen LogP contribution is -2.39. The first-order valence-corrected chi connectivity index (χ1v) is 7.84. The largest absolute Gasteiger partial charge is 0.363 e. The van der Waals surface area contributed by atoms with Crippen molar-refractivity contribution in [3.8, 4) is 0 Å². The van der Waals surface area contributed by atoms with E-state index in [1.54, 1.807) is 6.92 Å². The molecule has 1 heterocycles. The van der Waals surface area contributed by atoms with Crippen LogP contribution >= 0.6 is 11.8 Å². The van der Waals surface area contributed by atoms with E-state index in [0.717, 1.165) is 18.3 Å². The maximum absolute atomic E-state index is 10.7. The third kappa shape index (κ3) is 3.90. The van der Waals surface area contributed by atoms with Crippen LogP contribution in [0.25, 0.3) is 0 Å². The minimum Gasteiger partial charge on any atom is -0.363 e. The Balaban J connectivity index is 1.71. The number of nitrogens with zero attached hydrogens (tertiary/aromatic N) is 1. The Morgan fingerprint density at radius 1 is 1.33 bits per heavy atom. The minimum atomic E-state index is 0.0243. The highest BCUT2D eigenvalue weighted by molar-refractivity contribution is 8.13. The Bertz CT molecular complexity index is 324. The predicted octanol–water partition coefficient (Wildman–Crippen LogP) is 1.77. The molecule has 0 unspecified atom stereocenters. The molecule has 1 fully saturated rings. The molecule has 4 nitrogen and oxygen atoms in total. The summed E-state index contributed by atoms with van der Waals surface area (Å²) in [5.41, 5.74) is 0.492. The van der Waals surface area contributed by atoms with Crippen LogP contribution in [0.4, 0.5) is 0 Å². The van der Waals surface area contributed by atoms with Crippen molar-refractivity contribution in [1.82, 2.24) is 10.6 Å². The number of carbonyl (C=O) groups is 1. The molecule has 2 N–H and O–H groups in total. The van der Waals surface area contributed by atoms with Crippen LogP contribution < -0.4 is 10.6 Å². The van der Waals surface area contributed by atoms with Gasteiger partial charge in [-0.25, -0.2) is 0 Å². The summed E-state index contributed by atoms with van der Waals surface area (Å²) in [6.45, 7) is 3.96. The molecule has 0 aromatic heterocycles. The number of thioether (sulfide) groups is 1. The fourth-order valence-corrected chi connectivity index (χ4v) is 3.85. The van der Waals surface area contributed by atoms with Crippen LogP contribution in [0, 0.1) is 5.41 Å². The number of amidine groups is 1. The Morgan fingerprint density at radius 2 is 2.11 bits per heavy atom. The molecule has 0 atom stereocenters. The topological polar surface area (TPSA) is 53.5 Å². The lowest BCUT2D eigenvalue weighted by Gasteiger charge is -2.38. The van der Waals surface area contributed by atoms with Gasteiger partial charge in [0.2, 0.25) is 5.91 Å². The normalized spacial score (nSPS) is 22.4. The molecule has 2 rings (SSSR count). The van der Waals surface area contributed by atoms with Gasteiger partial charge in [0.15, 0.2) is 5.17 Å². The maximum atomic E-state index is 10.7. The van der Waals surface area contributed by atoms with Gasteiger partial charge in [0.25, 0.3) is 0 Å². The third-order valence-corrected chi connectivity index (χ3v) is 5.07. The number of amides is 1. The Morgan fingerprint density at radius 3 is 2.72 bits per heavy atom. The molecule has 0 aromatic carbocycles. The summed E-state index contributed by atoms with van der Waals surface area (Å²) in [7, 11) is 0. The van der Waals surface area contributed by atoms with Crippen molar-refractivity contribution in [2.24, 2.45) is 10.4 Å². The van der Waals surface area contributed by atoms with Gasteiger partial charge < -0.3 is 10.6 Å². The zero-order valence-corrected chi connectivity index (χ0v) is 11.9. The van der Waals surface area contributed by atoms with Gasteiger partial charge in [-0.3, -0.25) is 9.79 Å². The summed E-state index contributed by atoms with van der Waals surface area (Å²) >= 11 is 1.85. The van der Waals surface area contributed by atoms with Gasteiger partial charge in [-0.1, -0.05) is 31.0 Å². The van der Waals surface area contributed by atoms with Crippen molar-refractivity contribution in [2.45, 2.75) is 39.0 Å². The third-order valence-electron chi connectivity index (χ3n) is 3.76. The number of carbonyl (C=O) groups excluding carboxylic acids is 1. The van der Waals surface area contributed by atoms with E-state index in [-0.39, 0.29) is 5.91 Å². The van der Waals surface area contributed by atoms with Crippen molar-refractivity contribution in [3.05, 3.63) is 0 Å². The number of nitrogens with one attached hydrogen (secondary N) is 2. The van der Waals surface area contributed by atoms with Crippen molar-refractivity contribution >= 4 is 22.8 Å².